The van der Waals surface area contributed by atoms with E-state index in [1.807, 2.05) is 74.6 Å². The molecule has 0 radical (unpaired) electrons. The molecule has 31 heavy (non-hydrogen) atoms. The van der Waals surface area contributed by atoms with Gasteiger partial charge in [0.15, 0.2) is 5.82 Å². The second-order valence-electron chi connectivity index (χ2n) is 7.85. The number of benzene rings is 3. The van der Waals surface area contributed by atoms with E-state index in [4.69, 9.17) is 11.0 Å². The lowest BCUT2D eigenvalue weighted by Gasteiger charge is -2.06. The fourth-order valence-corrected chi connectivity index (χ4v) is 4.23. The first kappa shape index (κ1) is 19.0. The van der Waals surface area contributed by atoms with Gasteiger partial charge in [0, 0.05) is 16.8 Å². The van der Waals surface area contributed by atoms with E-state index in [1.165, 1.54) is 6.20 Å². The lowest BCUT2D eigenvalue weighted by Crippen LogP contribution is -2.31. The predicted octanol–water partition coefficient (Wildman–Crippen LogP) is 7.05. The van der Waals surface area contributed by atoms with E-state index in [-0.39, 0.29) is 5.82 Å². The second-order valence-corrected chi connectivity index (χ2v) is 7.85. The average molecular weight is 407 g/mol. The van der Waals surface area contributed by atoms with Gasteiger partial charge in [-0.15, -0.1) is 0 Å². The van der Waals surface area contributed by atoms with Crippen LogP contribution in [0.3, 0.4) is 0 Å². The van der Waals surface area contributed by atoms with E-state index < -0.39 is 0 Å². The summed E-state index contributed by atoms with van der Waals surface area (Å²) in [6, 6.07) is 19.8. The lowest BCUT2D eigenvalue weighted by atomic mass is 9.98. The summed E-state index contributed by atoms with van der Waals surface area (Å²) in [5.74, 6) is -0.247. The van der Waals surface area contributed by atoms with Gasteiger partial charge in [-0.3, -0.25) is 0 Å². The monoisotopic (exact) mass is 407 g/mol. The number of fused-ring (bicyclic) bond motifs is 3. The van der Waals surface area contributed by atoms with Crippen molar-refractivity contribution < 1.29 is 13.4 Å². The summed E-state index contributed by atoms with van der Waals surface area (Å²) in [5, 5.41) is 1.85. The van der Waals surface area contributed by atoms with Crippen LogP contribution >= 0.6 is 0 Å². The molecule has 4 heteroatoms. The molecule has 3 nitrogen and oxygen atoms in total. The molecular formula is C27H20FN2O+. The summed E-state index contributed by atoms with van der Waals surface area (Å²) < 4.78 is 22.3. The zero-order valence-electron chi connectivity index (χ0n) is 17.5. The topological polar surface area (TPSA) is 21.4 Å². The van der Waals surface area contributed by atoms with Gasteiger partial charge in [0.05, 0.1) is 12.1 Å². The van der Waals surface area contributed by atoms with Gasteiger partial charge in [-0.05, 0) is 36.1 Å². The Morgan fingerprint density at radius 3 is 2.35 bits per heavy atom. The van der Waals surface area contributed by atoms with Crippen LogP contribution < -0.4 is 4.57 Å². The number of rotatable bonds is 2. The SMILES string of the molecule is [C-]#[N+]c1c(-c2ccccc2)ccc2c1oc1c(-c3cc(C)c(F)c[n+]3C)c(C)ccc12. The molecule has 3 aromatic carbocycles. The minimum absolute atomic E-state index is 0.247. The van der Waals surface area contributed by atoms with E-state index in [0.717, 1.165) is 38.7 Å². The summed E-state index contributed by atoms with van der Waals surface area (Å²) in [5.41, 5.74) is 7.02. The molecule has 150 valence electrons. The fourth-order valence-electron chi connectivity index (χ4n) is 4.23. The smallest absolute Gasteiger partial charge is 0.237 e. The fraction of sp³-hybridized carbons (Fsp3) is 0.111. The van der Waals surface area contributed by atoms with Crippen LogP contribution in [0, 0.1) is 26.2 Å². The average Bonchev–Trinajstić information content (AvgIpc) is 3.15. The Morgan fingerprint density at radius 2 is 1.61 bits per heavy atom. The quantitative estimate of drug-likeness (QED) is 0.227. The van der Waals surface area contributed by atoms with Crippen LogP contribution in [0.4, 0.5) is 10.1 Å². The summed E-state index contributed by atoms with van der Waals surface area (Å²) >= 11 is 0. The van der Waals surface area contributed by atoms with Crippen LogP contribution in [0.2, 0.25) is 0 Å². The van der Waals surface area contributed by atoms with Crippen molar-refractivity contribution in [1.29, 1.82) is 0 Å². The highest BCUT2D eigenvalue weighted by Gasteiger charge is 2.23. The molecule has 0 unspecified atom stereocenters. The second kappa shape index (κ2) is 7.07. The minimum Gasteiger partial charge on any atom is -0.466 e. The first-order chi connectivity index (χ1) is 15.0. The first-order valence-electron chi connectivity index (χ1n) is 10.1. The number of aromatic nitrogens is 1. The van der Waals surface area contributed by atoms with Crippen LogP contribution in [0.25, 0.3) is 49.2 Å². The van der Waals surface area contributed by atoms with E-state index >= 15 is 0 Å². The molecule has 0 atom stereocenters. The van der Waals surface area contributed by atoms with Gasteiger partial charge in [0.25, 0.3) is 0 Å². The molecule has 0 saturated heterocycles. The number of pyridine rings is 1. The first-order valence-corrected chi connectivity index (χ1v) is 10.1. The van der Waals surface area contributed by atoms with E-state index in [0.29, 0.717) is 22.4 Å². The number of aryl methyl sites for hydroxylation is 3. The van der Waals surface area contributed by atoms with E-state index in [2.05, 4.69) is 4.85 Å². The Balaban J connectivity index is 1.87. The molecule has 0 fully saturated rings. The zero-order valence-corrected chi connectivity index (χ0v) is 17.5. The molecule has 0 bridgehead atoms. The molecule has 0 amide bonds. The Bertz CT molecular complexity index is 1530. The molecule has 0 spiro atoms. The number of hydrogen-bond acceptors (Lipinski definition) is 1. The van der Waals surface area contributed by atoms with Crippen LogP contribution in [-0.2, 0) is 7.05 Å². The molecule has 5 aromatic rings. The van der Waals surface area contributed by atoms with Crippen LogP contribution in [-0.4, -0.2) is 0 Å². The zero-order chi connectivity index (χ0) is 21.7. The minimum atomic E-state index is -0.247. The summed E-state index contributed by atoms with van der Waals surface area (Å²) in [7, 11) is 1.83. The largest absolute Gasteiger partial charge is 0.466 e. The highest BCUT2D eigenvalue weighted by Crippen LogP contribution is 2.44. The van der Waals surface area contributed by atoms with Gasteiger partial charge in [0.1, 0.15) is 18.2 Å². The van der Waals surface area contributed by atoms with Crippen molar-refractivity contribution in [3.8, 4) is 22.4 Å². The normalized spacial score (nSPS) is 11.2. The van der Waals surface area contributed by atoms with E-state index in [1.54, 1.807) is 11.5 Å². The van der Waals surface area contributed by atoms with Crippen molar-refractivity contribution in [1.82, 2.24) is 0 Å². The molecular weight excluding hydrogens is 387 g/mol. The van der Waals surface area contributed by atoms with E-state index in [9.17, 15) is 4.39 Å². The van der Waals surface area contributed by atoms with Gasteiger partial charge < -0.3 is 4.42 Å². The summed E-state index contributed by atoms with van der Waals surface area (Å²) in [6.45, 7) is 11.6. The van der Waals surface area contributed by atoms with Crippen molar-refractivity contribution in [2.75, 3.05) is 0 Å². The standard InChI is InChI=1S/C27H20FN2O/c1-16-10-11-20-21-13-12-19(18-8-6-5-7-9-18)25(29-3)27(21)31-26(20)24(16)23-14-17(2)22(28)15-30(23)4/h5-15H,1-2,4H3/q+1. The molecule has 5 rings (SSSR count). The maximum Gasteiger partial charge on any atom is 0.237 e. The lowest BCUT2D eigenvalue weighted by molar-refractivity contribution is -0.662. The van der Waals surface area contributed by atoms with Crippen molar-refractivity contribution in [2.45, 2.75) is 13.8 Å². The highest BCUT2D eigenvalue weighted by atomic mass is 19.1. The number of nitrogens with zero attached hydrogens (tertiary/aromatic N) is 2. The third-order valence-electron chi connectivity index (χ3n) is 5.86. The third-order valence-corrected chi connectivity index (χ3v) is 5.86. The summed E-state index contributed by atoms with van der Waals surface area (Å²) in [4.78, 5) is 3.84. The maximum atomic E-state index is 14.1. The molecule has 2 aromatic heterocycles. The molecule has 0 aliphatic carbocycles. The summed E-state index contributed by atoms with van der Waals surface area (Å²) in [6.07, 6.45) is 1.49. The number of furan rings is 1. The van der Waals surface area contributed by atoms with Crippen molar-refractivity contribution >= 4 is 27.6 Å². The van der Waals surface area contributed by atoms with Crippen molar-refractivity contribution in [3.63, 3.8) is 0 Å². The highest BCUT2D eigenvalue weighted by molar-refractivity contribution is 6.14. The van der Waals surface area contributed by atoms with Crippen molar-refractivity contribution in [3.05, 3.63) is 95.2 Å². The Hall–Kier alpha value is -3.97. The van der Waals surface area contributed by atoms with Gasteiger partial charge in [-0.1, -0.05) is 54.6 Å². The molecule has 0 aliphatic heterocycles. The predicted molar refractivity (Wildman–Crippen MR) is 121 cm³/mol. The van der Waals surface area contributed by atoms with Crippen LogP contribution in [0.1, 0.15) is 11.1 Å². The Labute approximate surface area is 179 Å². The molecule has 0 N–H and O–H groups in total. The van der Waals surface area contributed by atoms with Crippen LogP contribution in [0.5, 0.6) is 0 Å². The third kappa shape index (κ3) is 2.90. The molecule has 2 heterocycles. The van der Waals surface area contributed by atoms with Crippen molar-refractivity contribution in [2.24, 2.45) is 7.05 Å². The van der Waals surface area contributed by atoms with Gasteiger partial charge in [-0.25, -0.2) is 9.24 Å². The molecule has 0 saturated carbocycles. The number of halogens is 1. The number of hydrogen-bond donors (Lipinski definition) is 0. The Kier molecular flexibility index (Phi) is 4.34. The molecule has 0 aliphatic rings. The van der Waals surface area contributed by atoms with Crippen LogP contribution in [0.15, 0.2) is 71.3 Å². The maximum absolute atomic E-state index is 14.1. The van der Waals surface area contributed by atoms with Gasteiger partial charge >= 0.3 is 0 Å². The van der Waals surface area contributed by atoms with Gasteiger partial charge in [0.2, 0.25) is 17.6 Å². The Morgan fingerprint density at radius 1 is 0.903 bits per heavy atom. The van der Waals surface area contributed by atoms with Gasteiger partial charge in [-0.2, -0.15) is 4.57 Å².